The standard InChI is InChI=1S/C14H9BrO/c15-13-8-7-11-10-4-2-1-3-9(10)5-6-12(11)14(13)16/h1-8,13H. The Labute approximate surface area is 102 Å². The zero-order valence-electron chi connectivity index (χ0n) is 8.48. The summed E-state index contributed by atoms with van der Waals surface area (Å²) < 4.78 is 0. The van der Waals surface area contributed by atoms with E-state index in [2.05, 4.69) is 28.1 Å². The van der Waals surface area contributed by atoms with E-state index in [9.17, 15) is 4.79 Å². The van der Waals surface area contributed by atoms with Gasteiger partial charge >= 0.3 is 0 Å². The Bertz CT molecular complexity index is 613. The van der Waals surface area contributed by atoms with E-state index in [1.54, 1.807) is 0 Å². The quantitative estimate of drug-likeness (QED) is 0.667. The van der Waals surface area contributed by atoms with Gasteiger partial charge in [-0.25, -0.2) is 0 Å². The number of carbonyl (C=O) groups excluding carboxylic acids is 1. The molecule has 0 bridgehead atoms. The third-order valence-electron chi connectivity index (χ3n) is 2.92. The van der Waals surface area contributed by atoms with E-state index in [1.165, 1.54) is 5.39 Å². The van der Waals surface area contributed by atoms with Crippen LogP contribution in [-0.2, 0) is 0 Å². The molecule has 1 nitrogen and oxygen atoms in total. The first-order valence-corrected chi connectivity index (χ1v) is 6.07. The van der Waals surface area contributed by atoms with Crippen LogP contribution in [-0.4, -0.2) is 10.6 Å². The van der Waals surface area contributed by atoms with Crippen molar-refractivity contribution in [2.24, 2.45) is 0 Å². The van der Waals surface area contributed by atoms with Gasteiger partial charge < -0.3 is 0 Å². The van der Waals surface area contributed by atoms with Gasteiger partial charge in [0.15, 0.2) is 5.78 Å². The van der Waals surface area contributed by atoms with Crippen molar-refractivity contribution in [1.29, 1.82) is 0 Å². The summed E-state index contributed by atoms with van der Waals surface area (Å²) in [7, 11) is 0. The molecule has 0 aromatic heterocycles. The number of allylic oxidation sites excluding steroid dienone is 1. The van der Waals surface area contributed by atoms with Crippen molar-refractivity contribution in [3.05, 3.63) is 53.6 Å². The summed E-state index contributed by atoms with van der Waals surface area (Å²) in [5.74, 6) is 0.142. The van der Waals surface area contributed by atoms with E-state index in [4.69, 9.17) is 0 Å². The van der Waals surface area contributed by atoms with Crippen LogP contribution in [0.4, 0.5) is 0 Å². The Kier molecular flexibility index (Phi) is 2.18. The lowest BCUT2D eigenvalue weighted by Crippen LogP contribution is -2.16. The van der Waals surface area contributed by atoms with Crippen molar-refractivity contribution >= 4 is 38.6 Å². The van der Waals surface area contributed by atoms with Gasteiger partial charge in [-0.05, 0) is 16.3 Å². The van der Waals surface area contributed by atoms with Gasteiger partial charge in [-0.2, -0.15) is 0 Å². The van der Waals surface area contributed by atoms with E-state index >= 15 is 0 Å². The van der Waals surface area contributed by atoms with Gasteiger partial charge in [-0.1, -0.05) is 64.5 Å². The van der Waals surface area contributed by atoms with Crippen molar-refractivity contribution in [2.75, 3.05) is 0 Å². The van der Waals surface area contributed by atoms with Crippen molar-refractivity contribution in [2.45, 2.75) is 4.83 Å². The van der Waals surface area contributed by atoms with E-state index in [1.807, 2.05) is 36.4 Å². The second kappa shape index (κ2) is 3.56. The molecule has 0 fully saturated rings. The molecule has 1 atom stereocenters. The predicted molar refractivity (Wildman–Crippen MR) is 70.0 cm³/mol. The molecule has 3 rings (SSSR count). The fraction of sp³-hybridized carbons (Fsp3) is 0.0714. The van der Waals surface area contributed by atoms with Crippen LogP contribution in [0.3, 0.4) is 0 Å². The summed E-state index contributed by atoms with van der Waals surface area (Å²) in [6.45, 7) is 0. The smallest absolute Gasteiger partial charge is 0.180 e. The lowest BCUT2D eigenvalue weighted by molar-refractivity contribution is 0.100. The monoisotopic (exact) mass is 272 g/mol. The fourth-order valence-corrected chi connectivity index (χ4v) is 2.51. The van der Waals surface area contributed by atoms with Crippen LogP contribution in [0.15, 0.2) is 42.5 Å². The SMILES string of the molecule is O=C1c2ccc3ccccc3c2C=CC1Br. The molecule has 2 aromatic carbocycles. The number of alkyl halides is 1. The highest BCUT2D eigenvalue weighted by molar-refractivity contribution is 9.10. The summed E-state index contributed by atoms with van der Waals surface area (Å²) in [6.07, 6.45) is 3.93. The molecular formula is C14H9BrO. The third kappa shape index (κ3) is 1.34. The highest BCUT2D eigenvalue weighted by Gasteiger charge is 2.21. The van der Waals surface area contributed by atoms with Crippen molar-refractivity contribution < 1.29 is 4.79 Å². The number of hydrogen-bond donors (Lipinski definition) is 0. The molecule has 1 unspecified atom stereocenters. The van der Waals surface area contributed by atoms with Gasteiger partial charge in [0, 0.05) is 5.56 Å². The van der Waals surface area contributed by atoms with E-state index in [-0.39, 0.29) is 10.6 Å². The van der Waals surface area contributed by atoms with Crippen LogP contribution in [0.1, 0.15) is 15.9 Å². The summed E-state index contributed by atoms with van der Waals surface area (Å²) in [5.41, 5.74) is 1.85. The number of fused-ring (bicyclic) bond motifs is 3. The van der Waals surface area contributed by atoms with Gasteiger partial charge in [-0.15, -0.1) is 0 Å². The first-order chi connectivity index (χ1) is 7.77. The lowest BCUT2D eigenvalue weighted by atomic mass is 9.91. The van der Waals surface area contributed by atoms with Crippen molar-refractivity contribution in [3.8, 4) is 0 Å². The van der Waals surface area contributed by atoms with E-state index in [0.717, 1.165) is 16.5 Å². The Morgan fingerprint density at radius 1 is 1.06 bits per heavy atom. The topological polar surface area (TPSA) is 17.1 Å². The molecular weight excluding hydrogens is 264 g/mol. The molecule has 78 valence electrons. The zero-order chi connectivity index (χ0) is 11.1. The normalized spacial score (nSPS) is 18.8. The first-order valence-electron chi connectivity index (χ1n) is 5.15. The molecule has 16 heavy (non-hydrogen) atoms. The Hall–Kier alpha value is -1.41. The van der Waals surface area contributed by atoms with Crippen molar-refractivity contribution in [3.63, 3.8) is 0 Å². The second-order valence-electron chi connectivity index (χ2n) is 3.87. The number of carbonyl (C=O) groups is 1. The summed E-state index contributed by atoms with van der Waals surface area (Å²) >= 11 is 3.35. The lowest BCUT2D eigenvalue weighted by Gasteiger charge is -2.15. The number of halogens is 1. The summed E-state index contributed by atoms with van der Waals surface area (Å²) in [4.78, 5) is 11.8. The first kappa shape index (κ1) is 9.79. The van der Waals surface area contributed by atoms with E-state index in [0.29, 0.717) is 0 Å². The average molecular weight is 273 g/mol. The molecule has 0 saturated carbocycles. The number of benzene rings is 2. The maximum atomic E-state index is 12.0. The number of Topliss-reactive ketones (excluding diaryl/α,β-unsaturated/α-hetero) is 1. The highest BCUT2D eigenvalue weighted by atomic mass is 79.9. The summed E-state index contributed by atoms with van der Waals surface area (Å²) in [6, 6.07) is 12.1. The Morgan fingerprint density at radius 2 is 1.88 bits per heavy atom. The fourth-order valence-electron chi connectivity index (χ4n) is 2.11. The molecule has 0 aliphatic heterocycles. The Morgan fingerprint density at radius 3 is 2.75 bits per heavy atom. The third-order valence-corrected chi connectivity index (χ3v) is 3.64. The second-order valence-corrected chi connectivity index (χ2v) is 4.86. The molecule has 0 saturated heterocycles. The van der Waals surface area contributed by atoms with Gasteiger partial charge in [0.1, 0.15) is 0 Å². The molecule has 1 aliphatic carbocycles. The minimum absolute atomic E-state index is 0.142. The Balaban J connectivity index is 2.39. The minimum Gasteiger partial charge on any atom is -0.293 e. The van der Waals surface area contributed by atoms with Crippen LogP contribution in [0, 0.1) is 0 Å². The maximum Gasteiger partial charge on any atom is 0.180 e. The van der Waals surface area contributed by atoms with Crippen LogP contribution < -0.4 is 0 Å². The molecule has 0 radical (unpaired) electrons. The van der Waals surface area contributed by atoms with Gasteiger partial charge in [0.25, 0.3) is 0 Å². The van der Waals surface area contributed by atoms with Gasteiger partial charge in [0.2, 0.25) is 0 Å². The van der Waals surface area contributed by atoms with Crippen LogP contribution >= 0.6 is 15.9 Å². The molecule has 2 aromatic rings. The highest BCUT2D eigenvalue weighted by Crippen LogP contribution is 2.29. The number of ketones is 1. The minimum atomic E-state index is -0.179. The van der Waals surface area contributed by atoms with Gasteiger partial charge in [-0.3, -0.25) is 4.79 Å². The van der Waals surface area contributed by atoms with Gasteiger partial charge in [0.05, 0.1) is 4.83 Å². The maximum absolute atomic E-state index is 12.0. The molecule has 0 N–H and O–H groups in total. The largest absolute Gasteiger partial charge is 0.293 e. The zero-order valence-corrected chi connectivity index (χ0v) is 10.1. The molecule has 0 amide bonds. The molecule has 1 aliphatic rings. The van der Waals surface area contributed by atoms with Crippen LogP contribution in [0.5, 0.6) is 0 Å². The molecule has 0 spiro atoms. The van der Waals surface area contributed by atoms with Crippen molar-refractivity contribution in [1.82, 2.24) is 0 Å². The average Bonchev–Trinajstić information content (AvgIpc) is 2.33. The molecule has 0 heterocycles. The van der Waals surface area contributed by atoms with Crippen LogP contribution in [0.2, 0.25) is 0 Å². The number of rotatable bonds is 0. The van der Waals surface area contributed by atoms with Crippen LogP contribution in [0.25, 0.3) is 16.8 Å². The van der Waals surface area contributed by atoms with E-state index < -0.39 is 0 Å². The predicted octanol–water partition coefficient (Wildman–Crippen LogP) is 3.81. The number of hydrogen-bond acceptors (Lipinski definition) is 1. The molecule has 2 heteroatoms. The summed E-state index contributed by atoms with van der Waals surface area (Å²) in [5, 5.41) is 2.32.